The molecule has 3 nitrogen and oxygen atoms in total. The van der Waals surface area contributed by atoms with E-state index >= 15 is 0 Å². The highest BCUT2D eigenvalue weighted by molar-refractivity contribution is 5.73. The SMILES string of the molecule is CCCNc1oncc1-c1ccccc1. The molecule has 0 bridgehead atoms. The lowest BCUT2D eigenvalue weighted by molar-refractivity contribution is 0.432. The van der Waals surface area contributed by atoms with E-state index in [1.165, 1.54) is 0 Å². The van der Waals surface area contributed by atoms with Gasteiger partial charge in [-0.2, -0.15) is 0 Å². The Labute approximate surface area is 89.1 Å². The minimum atomic E-state index is 0.753. The minimum absolute atomic E-state index is 0.753. The van der Waals surface area contributed by atoms with E-state index < -0.39 is 0 Å². The third kappa shape index (κ3) is 2.18. The number of anilines is 1. The highest BCUT2D eigenvalue weighted by Crippen LogP contribution is 2.27. The van der Waals surface area contributed by atoms with E-state index in [-0.39, 0.29) is 0 Å². The Morgan fingerprint density at radius 1 is 1.27 bits per heavy atom. The minimum Gasteiger partial charge on any atom is -0.354 e. The van der Waals surface area contributed by atoms with Gasteiger partial charge >= 0.3 is 0 Å². The van der Waals surface area contributed by atoms with Crippen LogP contribution in [0.2, 0.25) is 0 Å². The number of aromatic nitrogens is 1. The van der Waals surface area contributed by atoms with Crippen molar-refractivity contribution in [2.75, 3.05) is 11.9 Å². The Kier molecular flexibility index (Phi) is 3.02. The van der Waals surface area contributed by atoms with Crippen LogP contribution < -0.4 is 5.32 Å². The summed E-state index contributed by atoms with van der Waals surface area (Å²) in [4.78, 5) is 0. The van der Waals surface area contributed by atoms with Crippen LogP contribution in [0.15, 0.2) is 41.1 Å². The molecule has 0 fully saturated rings. The molecule has 2 aromatic rings. The molecule has 0 aliphatic heterocycles. The van der Waals surface area contributed by atoms with Crippen LogP contribution in [0.4, 0.5) is 5.88 Å². The molecule has 1 N–H and O–H groups in total. The molecule has 2 rings (SSSR count). The van der Waals surface area contributed by atoms with Gasteiger partial charge in [0.1, 0.15) is 0 Å². The normalized spacial score (nSPS) is 10.2. The van der Waals surface area contributed by atoms with Crippen LogP contribution >= 0.6 is 0 Å². The molecular formula is C12H14N2O. The van der Waals surface area contributed by atoms with Crippen molar-refractivity contribution in [1.29, 1.82) is 0 Å². The van der Waals surface area contributed by atoms with E-state index in [0.29, 0.717) is 0 Å². The van der Waals surface area contributed by atoms with Crippen molar-refractivity contribution in [3.05, 3.63) is 36.5 Å². The molecule has 0 aliphatic rings. The van der Waals surface area contributed by atoms with Gasteiger partial charge in [0.05, 0.1) is 11.8 Å². The molecule has 1 aromatic carbocycles. The summed E-state index contributed by atoms with van der Waals surface area (Å²) in [5.74, 6) is 0.753. The molecule has 1 aromatic heterocycles. The molecule has 0 atom stereocenters. The average molecular weight is 202 g/mol. The lowest BCUT2D eigenvalue weighted by Crippen LogP contribution is -1.99. The lowest BCUT2D eigenvalue weighted by Gasteiger charge is -2.02. The number of benzene rings is 1. The molecule has 0 saturated heterocycles. The lowest BCUT2D eigenvalue weighted by atomic mass is 10.1. The predicted octanol–water partition coefficient (Wildman–Crippen LogP) is 3.16. The van der Waals surface area contributed by atoms with Gasteiger partial charge in [0.2, 0.25) is 5.88 Å². The van der Waals surface area contributed by atoms with Gasteiger partial charge in [0.15, 0.2) is 0 Å². The van der Waals surface area contributed by atoms with Crippen molar-refractivity contribution in [1.82, 2.24) is 5.16 Å². The molecule has 3 heteroatoms. The summed E-state index contributed by atoms with van der Waals surface area (Å²) in [5.41, 5.74) is 2.14. The Balaban J connectivity index is 2.25. The summed E-state index contributed by atoms with van der Waals surface area (Å²) < 4.78 is 5.16. The summed E-state index contributed by atoms with van der Waals surface area (Å²) in [6, 6.07) is 10.1. The maximum absolute atomic E-state index is 5.16. The van der Waals surface area contributed by atoms with Gasteiger partial charge in [-0.25, -0.2) is 0 Å². The Bertz CT molecular complexity index is 409. The monoisotopic (exact) mass is 202 g/mol. The Hall–Kier alpha value is -1.77. The van der Waals surface area contributed by atoms with Crippen LogP contribution in [0, 0.1) is 0 Å². The topological polar surface area (TPSA) is 38.1 Å². The molecule has 0 saturated carbocycles. The van der Waals surface area contributed by atoms with E-state index in [9.17, 15) is 0 Å². The molecule has 0 amide bonds. The molecule has 1 heterocycles. The first kappa shape index (κ1) is 9.77. The predicted molar refractivity (Wildman–Crippen MR) is 60.7 cm³/mol. The van der Waals surface area contributed by atoms with Crippen molar-refractivity contribution in [2.24, 2.45) is 0 Å². The van der Waals surface area contributed by atoms with Gasteiger partial charge in [0.25, 0.3) is 0 Å². The summed E-state index contributed by atoms with van der Waals surface area (Å²) in [6.07, 6.45) is 2.81. The van der Waals surface area contributed by atoms with Gasteiger partial charge in [-0.1, -0.05) is 42.4 Å². The quantitative estimate of drug-likeness (QED) is 0.827. The largest absolute Gasteiger partial charge is 0.354 e. The molecule has 0 radical (unpaired) electrons. The van der Waals surface area contributed by atoms with Gasteiger partial charge in [-0.05, 0) is 12.0 Å². The van der Waals surface area contributed by atoms with Crippen molar-refractivity contribution in [3.63, 3.8) is 0 Å². The number of nitrogens with one attached hydrogen (secondary N) is 1. The third-order valence-electron chi connectivity index (χ3n) is 2.19. The van der Waals surface area contributed by atoms with Crippen molar-refractivity contribution < 1.29 is 4.52 Å². The van der Waals surface area contributed by atoms with Crippen molar-refractivity contribution in [2.45, 2.75) is 13.3 Å². The van der Waals surface area contributed by atoms with E-state index in [0.717, 1.165) is 30.0 Å². The Morgan fingerprint density at radius 3 is 2.80 bits per heavy atom. The van der Waals surface area contributed by atoms with Crippen LogP contribution in [0.25, 0.3) is 11.1 Å². The number of nitrogens with zero attached hydrogens (tertiary/aromatic N) is 1. The van der Waals surface area contributed by atoms with Gasteiger partial charge < -0.3 is 9.84 Å². The zero-order valence-corrected chi connectivity index (χ0v) is 8.73. The molecule has 15 heavy (non-hydrogen) atoms. The van der Waals surface area contributed by atoms with Gasteiger partial charge in [0, 0.05) is 6.54 Å². The smallest absolute Gasteiger partial charge is 0.232 e. The maximum atomic E-state index is 5.16. The van der Waals surface area contributed by atoms with Gasteiger partial charge in [-0.3, -0.25) is 0 Å². The van der Waals surface area contributed by atoms with Crippen molar-refractivity contribution in [3.8, 4) is 11.1 Å². The first-order chi connectivity index (χ1) is 7.42. The van der Waals surface area contributed by atoms with E-state index in [4.69, 9.17) is 4.52 Å². The molecule has 0 unspecified atom stereocenters. The number of hydrogen-bond donors (Lipinski definition) is 1. The summed E-state index contributed by atoms with van der Waals surface area (Å²) in [5, 5.41) is 7.03. The second-order valence-electron chi connectivity index (χ2n) is 3.36. The van der Waals surface area contributed by atoms with Crippen LogP contribution in [-0.4, -0.2) is 11.7 Å². The molecule has 78 valence electrons. The van der Waals surface area contributed by atoms with E-state index in [2.05, 4.69) is 17.4 Å². The zero-order valence-electron chi connectivity index (χ0n) is 8.73. The van der Waals surface area contributed by atoms with Crippen LogP contribution in [0.1, 0.15) is 13.3 Å². The maximum Gasteiger partial charge on any atom is 0.232 e. The number of hydrogen-bond acceptors (Lipinski definition) is 3. The number of rotatable bonds is 4. The summed E-state index contributed by atoms with van der Waals surface area (Å²) >= 11 is 0. The van der Waals surface area contributed by atoms with Crippen molar-refractivity contribution >= 4 is 5.88 Å². The van der Waals surface area contributed by atoms with Crippen LogP contribution in [0.5, 0.6) is 0 Å². The Morgan fingerprint density at radius 2 is 2.07 bits per heavy atom. The first-order valence-corrected chi connectivity index (χ1v) is 5.15. The fourth-order valence-electron chi connectivity index (χ4n) is 1.43. The second-order valence-corrected chi connectivity index (χ2v) is 3.36. The third-order valence-corrected chi connectivity index (χ3v) is 2.19. The van der Waals surface area contributed by atoms with E-state index in [1.807, 2.05) is 30.3 Å². The van der Waals surface area contributed by atoms with Crippen LogP contribution in [-0.2, 0) is 0 Å². The standard InChI is InChI=1S/C12H14N2O/c1-2-8-13-12-11(9-14-15-12)10-6-4-3-5-7-10/h3-7,9,13H,2,8H2,1H3. The fourth-order valence-corrected chi connectivity index (χ4v) is 1.43. The summed E-state index contributed by atoms with van der Waals surface area (Å²) in [7, 11) is 0. The second kappa shape index (κ2) is 4.64. The fraction of sp³-hybridized carbons (Fsp3) is 0.250. The van der Waals surface area contributed by atoms with Crippen LogP contribution in [0.3, 0.4) is 0 Å². The highest BCUT2D eigenvalue weighted by atomic mass is 16.5. The molecular weight excluding hydrogens is 188 g/mol. The average Bonchev–Trinajstić information content (AvgIpc) is 2.75. The zero-order chi connectivity index (χ0) is 10.5. The summed E-state index contributed by atoms with van der Waals surface area (Å²) in [6.45, 7) is 3.01. The molecule has 0 aliphatic carbocycles. The van der Waals surface area contributed by atoms with Gasteiger partial charge in [-0.15, -0.1) is 0 Å². The molecule has 0 spiro atoms. The van der Waals surface area contributed by atoms with E-state index in [1.54, 1.807) is 6.20 Å². The highest BCUT2D eigenvalue weighted by Gasteiger charge is 2.08. The first-order valence-electron chi connectivity index (χ1n) is 5.15.